The highest BCUT2D eigenvalue weighted by Crippen LogP contribution is 2.44. The molecule has 0 spiro atoms. The number of benzene rings is 1. The predicted molar refractivity (Wildman–Crippen MR) is 91.4 cm³/mol. The molecule has 130 valence electrons. The molecular formula is C17H23N3O4. The average molecular weight is 333 g/mol. The molecule has 0 bridgehead atoms. The second-order valence-corrected chi connectivity index (χ2v) is 5.75. The topological polar surface area (TPSA) is 65.9 Å². The number of nitrogens with zero attached hydrogens (tertiary/aromatic N) is 3. The molecule has 0 N–H and O–H groups in total. The summed E-state index contributed by atoms with van der Waals surface area (Å²) in [7, 11) is 6.78. The maximum atomic E-state index is 5.73. The lowest BCUT2D eigenvalue weighted by molar-refractivity contribution is 0.116. The second-order valence-electron chi connectivity index (χ2n) is 5.75. The van der Waals surface area contributed by atoms with Gasteiger partial charge in [0.05, 0.1) is 32.8 Å². The maximum Gasteiger partial charge on any atom is 0.205 e. The number of hydrogen-bond acceptors (Lipinski definition) is 7. The van der Waals surface area contributed by atoms with E-state index in [4.69, 9.17) is 18.9 Å². The maximum absolute atomic E-state index is 5.73. The quantitative estimate of drug-likeness (QED) is 0.803. The molecule has 0 saturated carbocycles. The van der Waals surface area contributed by atoms with Crippen molar-refractivity contribution < 1.29 is 18.9 Å². The van der Waals surface area contributed by atoms with Gasteiger partial charge in [-0.3, -0.25) is 0 Å². The summed E-state index contributed by atoms with van der Waals surface area (Å²) >= 11 is 0. The van der Waals surface area contributed by atoms with Gasteiger partial charge in [-0.2, -0.15) is 0 Å². The Bertz CT molecular complexity index is 717. The summed E-state index contributed by atoms with van der Waals surface area (Å²) in [5.41, 5.74) is 0.694. The van der Waals surface area contributed by atoms with Gasteiger partial charge in [0.2, 0.25) is 5.75 Å². The van der Waals surface area contributed by atoms with Crippen molar-refractivity contribution in [1.82, 2.24) is 9.97 Å². The number of fused-ring (bicyclic) bond motifs is 1. The lowest BCUT2D eigenvalue weighted by atomic mass is 10.1. The average Bonchev–Trinajstić information content (AvgIpc) is 3.12. The minimum atomic E-state index is 0.238. The van der Waals surface area contributed by atoms with E-state index < -0.39 is 0 Å². The molecule has 2 aromatic rings. The first-order valence-electron chi connectivity index (χ1n) is 7.96. The fourth-order valence-electron chi connectivity index (χ4n) is 3.13. The summed E-state index contributed by atoms with van der Waals surface area (Å²) < 4.78 is 22.1. The van der Waals surface area contributed by atoms with Gasteiger partial charge in [0.25, 0.3) is 0 Å². The number of anilines is 1. The third-order valence-electron chi connectivity index (χ3n) is 4.27. The highest BCUT2D eigenvalue weighted by Gasteiger charge is 2.23. The van der Waals surface area contributed by atoms with Gasteiger partial charge in [0.15, 0.2) is 11.5 Å². The number of ether oxygens (including phenoxy) is 4. The van der Waals surface area contributed by atoms with Crippen LogP contribution in [-0.4, -0.2) is 57.6 Å². The Morgan fingerprint density at radius 3 is 2.58 bits per heavy atom. The fourth-order valence-corrected chi connectivity index (χ4v) is 3.13. The zero-order valence-corrected chi connectivity index (χ0v) is 14.5. The SMILES string of the molecule is COc1cc2c(N(C)CC3CCCO3)ncnc2c(OC)c1OC. The second kappa shape index (κ2) is 7.09. The first kappa shape index (κ1) is 16.6. The van der Waals surface area contributed by atoms with Crippen LogP contribution in [0.25, 0.3) is 10.9 Å². The van der Waals surface area contributed by atoms with E-state index in [0.717, 1.165) is 37.2 Å². The zero-order valence-electron chi connectivity index (χ0n) is 14.5. The zero-order chi connectivity index (χ0) is 17.1. The van der Waals surface area contributed by atoms with E-state index in [-0.39, 0.29) is 6.10 Å². The number of methoxy groups -OCH3 is 3. The van der Waals surface area contributed by atoms with Crippen molar-refractivity contribution in [2.45, 2.75) is 18.9 Å². The van der Waals surface area contributed by atoms with Crippen LogP contribution in [0.4, 0.5) is 5.82 Å². The van der Waals surface area contributed by atoms with E-state index in [1.165, 1.54) is 6.33 Å². The molecule has 1 atom stereocenters. The van der Waals surface area contributed by atoms with Crippen molar-refractivity contribution in [2.24, 2.45) is 0 Å². The molecule has 1 unspecified atom stereocenters. The lowest BCUT2D eigenvalue weighted by Gasteiger charge is -2.23. The standard InChI is InChI=1S/C17H23N3O4/c1-20(9-11-6-5-7-24-11)17-12-8-13(21-2)15(22-3)16(23-4)14(12)18-10-19-17/h8,10-11H,5-7,9H2,1-4H3. The summed E-state index contributed by atoms with van der Waals surface area (Å²) in [6, 6.07) is 1.89. The van der Waals surface area contributed by atoms with Crippen molar-refractivity contribution in [3.63, 3.8) is 0 Å². The van der Waals surface area contributed by atoms with Gasteiger partial charge in [-0.15, -0.1) is 0 Å². The molecule has 0 aliphatic carbocycles. The van der Waals surface area contributed by atoms with Crippen LogP contribution in [0.3, 0.4) is 0 Å². The third-order valence-corrected chi connectivity index (χ3v) is 4.27. The molecule has 24 heavy (non-hydrogen) atoms. The number of hydrogen-bond donors (Lipinski definition) is 0. The number of rotatable bonds is 6. The van der Waals surface area contributed by atoms with E-state index in [0.29, 0.717) is 22.8 Å². The van der Waals surface area contributed by atoms with Crippen molar-refractivity contribution in [3.05, 3.63) is 12.4 Å². The Labute approximate surface area is 141 Å². The van der Waals surface area contributed by atoms with Crippen molar-refractivity contribution in [1.29, 1.82) is 0 Å². The molecule has 1 aliphatic heterocycles. The first-order valence-corrected chi connectivity index (χ1v) is 7.96. The molecule has 2 heterocycles. The Balaban J connectivity index is 2.08. The molecule has 7 nitrogen and oxygen atoms in total. The van der Waals surface area contributed by atoms with Crippen molar-refractivity contribution in [2.75, 3.05) is 46.4 Å². The highest BCUT2D eigenvalue weighted by atomic mass is 16.5. The molecule has 7 heteroatoms. The molecule has 1 aromatic carbocycles. The fraction of sp³-hybridized carbons (Fsp3) is 0.529. The summed E-state index contributed by atoms with van der Waals surface area (Å²) in [6.45, 7) is 1.62. The van der Waals surface area contributed by atoms with E-state index >= 15 is 0 Å². The lowest BCUT2D eigenvalue weighted by Crippen LogP contribution is -2.29. The summed E-state index contributed by atoms with van der Waals surface area (Å²) in [5, 5.41) is 0.854. The molecule has 1 fully saturated rings. The van der Waals surface area contributed by atoms with Crippen LogP contribution < -0.4 is 19.1 Å². The van der Waals surface area contributed by atoms with Crippen molar-refractivity contribution in [3.8, 4) is 17.2 Å². The highest BCUT2D eigenvalue weighted by molar-refractivity contribution is 5.96. The molecule has 1 aromatic heterocycles. The Morgan fingerprint density at radius 1 is 1.17 bits per heavy atom. The molecule has 1 aliphatic rings. The number of aromatic nitrogens is 2. The van der Waals surface area contributed by atoms with Crippen LogP contribution >= 0.6 is 0 Å². The summed E-state index contributed by atoms with van der Waals surface area (Å²) in [6.07, 6.45) is 3.97. The Morgan fingerprint density at radius 2 is 1.96 bits per heavy atom. The van der Waals surface area contributed by atoms with E-state index in [1.807, 2.05) is 13.1 Å². The molecule has 0 radical (unpaired) electrons. The van der Waals surface area contributed by atoms with Crippen LogP contribution in [0.5, 0.6) is 17.2 Å². The van der Waals surface area contributed by atoms with Crippen LogP contribution in [0, 0.1) is 0 Å². The van der Waals surface area contributed by atoms with E-state index in [2.05, 4.69) is 14.9 Å². The van der Waals surface area contributed by atoms with Gasteiger partial charge in [0, 0.05) is 20.2 Å². The largest absolute Gasteiger partial charge is 0.493 e. The minimum absolute atomic E-state index is 0.238. The molecule has 3 rings (SSSR count). The summed E-state index contributed by atoms with van der Waals surface area (Å²) in [4.78, 5) is 10.9. The summed E-state index contributed by atoms with van der Waals surface area (Å²) in [5.74, 6) is 2.47. The number of likely N-dealkylation sites (N-methyl/N-ethyl adjacent to an activating group) is 1. The van der Waals surface area contributed by atoms with Crippen LogP contribution in [0.1, 0.15) is 12.8 Å². The van der Waals surface area contributed by atoms with Gasteiger partial charge in [-0.05, 0) is 18.9 Å². The Kier molecular flexibility index (Phi) is 4.89. The first-order chi connectivity index (χ1) is 11.7. The van der Waals surface area contributed by atoms with Gasteiger partial charge < -0.3 is 23.8 Å². The van der Waals surface area contributed by atoms with Crippen LogP contribution in [0.2, 0.25) is 0 Å². The monoisotopic (exact) mass is 333 g/mol. The Hall–Kier alpha value is -2.28. The van der Waals surface area contributed by atoms with E-state index in [1.54, 1.807) is 21.3 Å². The molecule has 0 amide bonds. The van der Waals surface area contributed by atoms with Gasteiger partial charge in [-0.1, -0.05) is 0 Å². The van der Waals surface area contributed by atoms with Gasteiger partial charge >= 0.3 is 0 Å². The smallest absolute Gasteiger partial charge is 0.205 e. The minimum Gasteiger partial charge on any atom is -0.493 e. The van der Waals surface area contributed by atoms with E-state index in [9.17, 15) is 0 Å². The van der Waals surface area contributed by atoms with Gasteiger partial charge in [-0.25, -0.2) is 9.97 Å². The predicted octanol–water partition coefficient (Wildman–Crippen LogP) is 2.27. The molecular weight excluding hydrogens is 310 g/mol. The van der Waals surface area contributed by atoms with Crippen molar-refractivity contribution >= 4 is 16.7 Å². The molecule has 1 saturated heterocycles. The normalized spacial score (nSPS) is 17.1. The van der Waals surface area contributed by atoms with Crippen LogP contribution in [-0.2, 0) is 4.74 Å². The third kappa shape index (κ3) is 2.91. The van der Waals surface area contributed by atoms with Gasteiger partial charge in [0.1, 0.15) is 17.7 Å². The van der Waals surface area contributed by atoms with Crippen LogP contribution in [0.15, 0.2) is 12.4 Å².